The Labute approximate surface area is 248 Å². The fourth-order valence-electron chi connectivity index (χ4n) is 5.88. The molecule has 3 aromatic carbocycles. The van der Waals surface area contributed by atoms with Gasteiger partial charge in [0.15, 0.2) is 9.84 Å². The van der Waals surface area contributed by atoms with Gasteiger partial charge in [-0.05, 0) is 66.6 Å². The van der Waals surface area contributed by atoms with E-state index in [0.29, 0.717) is 30.9 Å². The quantitative estimate of drug-likeness (QED) is 0.252. The Morgan fingerprint density at radius 3 is 2.43 bits per heavy atom. The minimum atomic E-state index is -3.22. The fraction of sp³-hybridized carbons (Fsp3) is 0.394. The molecule has 0 bridgehead atoms. The zero-order chi connectivity index (χ0) is 29.7. The predicted molar refractivity (Wildman–Crippen MR) is 166 cm³/mol. The van der Waals surface area contributed by atoms with Crippen LogP contribution in [-0.2, 0) is 32.3 Å². The number of piperidine rings is 1. The number of aromatic nitrogens is 2. The number of carbonyl (C=O) groups is 1. The molecule has 0 spiro atoms. The van der Waals surface area contributed by atoms with Crippen molar-refractivity contribution in [3.8, 4) is 11.1 Å². The van der Waals surface area contributed by atoms with E-state index in [-0.39, 0.29) is 17.9 Å². The van der Waals surface area contributed by atoms with Crippen LogP contribution >= 0.6 is 0 Å². The predicted octanol–water partition coefficient (Wildman–Crippen LogP) is 4.81. The number of amides is 1. The molecule has 222 valence electrons. The van der Waals surface area contributed by atoms with Gasteiger partial charge in [-0.15, -0.1) is 0 Å². The van der Waals surface area contributed by atoms with Crippen molar-refractivity contribution in [2.24, 2.45) is 5.73 Å². The maximum atomic E-state index is 13.3. The first-order valence-electron chi connectivity index (χ1n) is 14.6. The van der Waals surface area contributed by atoms with Crippen molar-refractivity contribution in [2.45, 2.75) is 55.5 Å². The second kappa shape index (κ2) is 13.2. The number of nitrogens with two attached hydrogens (primary N) is 1. The van der Waals surface area contributed by atoms with E-state index in [4.69, 9.17) is 15.5 Å². The summed E-state index contributed by atoms with van der Waals surface area (Å²) in [6, 6.07) is 22.9. The Balaban J connectivity index is 1.20. The van der Waals surface area contributed by atoms with Crippen molar-refractivity contribution in [1.29, 1.82) is 0 Å². The van der Waals surface area contributed by atoms with Gasteiger partial charge in [-0.25, -0.2) is 13.4 Å². The van der Waals surface area contributed by atoms with Crippen LogP contribution in [0.2, 0.25) is 0 Å². The lowest BCUT2D eigenvalue weighted by atomic mass is 9.95. The summed E-state index contributed by atoms with van der Waals surface area (Å²) in [5.74, 6) is 1.34. The number of methoxy groups -OCH3 is 1. The number of hydrogen-bond donors (Lipinski definition) is 1. The van der Waals surface area contributed by atoms with Crippen LogP contribution in [0.4, 0.5) is 0 Å². The Hall–Kier alpha value is -3.53. The lowest BCUT2D eigenvalue weighted by Gasteiger charge is -2.33. The molecule has 1 saturated heterocycles. The van der Waals surface area contributed by atoms with Gasteiger partial charge in [0.25, 0.3) is 0 Å². The van der Waals surface area contributed by atoms with E-state index < -0.39 is 9.84 Å². The molecule has 42 heavy (non-hydrogen) atoms. The van der Waals surface area contributed by atoms with E-state index in [1.807, 2.05) is 53.4 Å². The summed E-state index contributed by atoms with van der Waals surface area (Å²) in [4.78, 5) is 20.6. The number of likely N-dealkylation sites (tertiary alicyclic amines) is 1. The Morgan fingerprint density at radius 1 is 1.05 bits per heavy atom. The third-order valence-corrected chi connectivity index (χ3v) is 9.19. The molecule has 8 nitrogen and oxygen atoms in total. The number of benzene rings is 3. The Kier molecular flexibility index (Phi) is 9.40. The Morgan fingerprint density at radius 2 is 1.74 bits per heavy atom. The second-order valence-corrected chi connectivity index (χ2v) is 13.3. The van der Waals surface area contributed by atoms with Crippen molar-refractivity contribution < 1.29 is 17.9 Å². The van der Waals surface area contributed by atoms with Gasteiger partial charge in [-0.2, -0.15) is 0 Å². The topological polar surface area (TPSA) is 108 Å². The number of nitrogens with zero attached hydrogens (tertiary/aromatic N) is 3. The molecule has 4 aromatic rings. The smallest absolute Gasteiger partial charge is 0.224 e. The van der Waals surface area contributed by atoms with E-state index in [1.54, 1.807) is 19.2 Å². The van der Waals surface area contributed by atoms with Crippen LogP contribution in [-0.4, -0.2) is 67.9 Å². The van der Waals surface area contributed by atoms with Gasteiger partial charge < -0.3 is 19.9 Å². The van der Waals surface area contributed by atoms with Crippen LogP contribution < -0.4 is 5.73 Å². The maximum absolute atomic E-state index is 13.3. The Bertz CT molecular complexity index is 1610. The number of sulfone groups is 1. The van der Waals surface area contributed by atoms with E-state index in [9.17, 15) is 13.2 Å². The number of ether oxygens (including phenoxy) is 1. The summed E-state index contributed by atoms with van der Waals surface area (Å²) in [5.41, 5.74) is 11.6. The van der Waals surface area contributed by atoms with Crippen LogP contribution in [0.5, 0.6) is 0 Å². The highest BCUT2D eigenvalue weighted by Crippen LogP contribution is 2.30. The molecule has 1 fully saturated rings. The van der Waals surface area contributed by atoms with E-state index in [1.165, 1.54) is 6.26 Å². The summed E-state index contributed by atoms with van der Waals surface area (Å²) in [6.45, 7) is 2.94. The second-order valence-electron chi connectivity index (χ2n) is 11.3. The van der Waals surface area contributed by atoms with Gasteiger partial charge in [-0.3, -0.25) is 4.79 Å². The summed E-state index contributed by atoms with van der Waals surface area (Å²) >= 11 is 0. The lowest BCUT2D eigenvalue weighted by molar-refractivity contribution is -0.132. The molecule has 0 aliphatic carbocycles. The van der Waals surface area contributed by atoms with E-state index >= 15 is 0 Å². The normalized spacial score (nSPS) is 16.5. The molecule has 2 N–H and O–H groups in total. The van der Waals surface area contributed by atoms with Crippen LogP contribution in [0.25, 0.3) is 22.2 Å². The molecule has 1 amide bonds. The number of fused-ring (bicyclic) bond motifs is 1. The van der Waals surface area contributed by atoms with Gasteiger partial charge in [0, 0.05) is 58.0 Å². The molecular weight excluding hydrogens is 548 g/mol. The molecule has 1 aliphatic rings. The third-order valence-electron chi connectivity index (χ3n) is 8.06. The first-order chi connectivity index (χ1) is 20.2. The van der Waals surface area contributed by atoms with Gasteiger partial charge >= 0.3 is 0 Å². The molecule has 9 heteroatoms. The molecule has 1 aliphatic heterocycles. The highest BCUT2D eigenvalue weighted by atomic mass is 32.2. The van der Waals surface area contributed by atoms with Crippen LogP contribution in [0, 0.1) is 0 Å². The third kappa shape index (κ3) is 7.09. The minimum Gasteiger partial charge on any atom is -0.385 e. The summed E-state index contributed by atoms with van der Waals surface area (Å²) < 4.78 is 31.1. The van der Waals surface area contributed by atoms with Crippen molar-refractivity contribution in [1.82, 2.24) is 14.5 Å². The number of imidazole rings is 1. The van der Waals surface area contributed by atoms with Crippen molar-refractivity contribution in [3.05, 3.63) is 84.2 Å². The average Bonchev–Trinajstić information content (AvgIpc) is 3.36. The van der Waals surface area contributed by atoms with E-state index in [0.717, 1.165) is 65.9 Å². The van der Waals surface area contributed by atoms with Gasteiger partial charge in [0.05, 0.1) is 15.9 Å². The number of hydrogen-bond acceptors (Lipinski definition) is 6. The zero-order valence-corrected chi connectivity index (χ0v) is 25.2. The molecule has 0 saturated carbocycles. The molecular formula is C33H40N4O4S. The largest absolute Gasteiger partial charge is 0.385 e. The molecule has 2 heterocycles. The van der Waals surface area contributed by atoms with Crippen molar-refractivity contribution in [3.63, 3.8) is 0 Å². The lowest BCUT2D eigenvalue weighted by Crippen LogP contribution is -2.42. The van der Waals surface area contributed by atoms with Crippen molar-refractivity contribution >= 4 is 26.8 Å². The molecule has 0 unspecified atom stereocenters. The summed E-state index contributed by atoms with van der Waals surface area (Å²) in [7, 11) is -1.50. The monoisotopic (exact) mass is 588 g/mol. The molecule has 1 aromatic heterocycles. The molecule has 0 radical (unpaired) electrons. The molecule has 5 rings (SSSR count). The minimum absolute atomic E-state index is 0.0943. The van der Waals surface area contributed by atoms with Gasteiger partial charge in [-0.1, -0.05) is 48.5 Å². The van der Waals surface area contributed by atoms with Crippen LogP contribution in [0.3, 0.4) is 0 Å². The number of aryl methyl sites for hydroxylation is 1. The maximum Gasteiger partial charge on any atom is 0.224 e. The van der Waals surface area contributed by atoms with E-state index in [2.05, 4.69) is 16.7 Å². The average molecular weight is 589 g/mol. The summed E-state index contributed by atoms with van der Waals surface area (Å²) in [6.07, 6.45) is 4.96. The highest BCUT2D eigenvalue weighted by molar-refractivity contribution is 7.90. The van der Waals surface area contributed by atoms with Crippen LogP contribution in [0.1, 0.15) is 43.0 Å². The highest BCUT2D eigenvalue weighted by Gasteiger charge is 2.29. The van der Waals surface area contributed by atoms with Crippen LogP contribution in [0.15, 0.2) is 77.7 Å². The molecule has 2 atom stereocenters. The number of rotatable bonds is 11. The fourth-order valence-corrected chi connectivity index (χ4v) is 6.51. The number of para-hydroxylation sites is 2. The summed E-state index contributed by atoms with van der Waals surface area (Å²) in [5, 5.41) is 0. The zero-order valence-electron chi connectivity index (χ0n) is 24.4. The van der Waals surface area contributed by atoms with Gasteiger partial charge in [0.2, 0.25) is 5.91 Å². The number of carbonyl (C=O) groups excluding carboxylic acids is 1. The van der Waals surface area contributed by atoms with Gasteiger partial charge in [0.1, 0.15) is 5.82 Å². The first kappa shape index (κ1) is 29.9. The SMILES string of the molecule is COCCCn1c([C@@H]2CCCN(C(=O)C[C@H](N)Cc3ccc(-c4ccc(S(C)(=O)=O)cc4)cc3)C2)nc2ccccc21. The van der Waals surface area contributed by atoms with Crippen molar-refractivity contribution in [2.75, 3.05) is 33.1 Å². The first-order valence-corrected chi connectivity index (χ1v) is 16.5. The standard InChI is InChI=1S/C33H40N4O4S/c1-41-20-6-19-37-31-9-4-3-8-30(31)35-33(37)27-7-5-18-36(23-27)32(38)22-28(34)21-24-10-12-25(13-11-24)26-14-16-29(17-15-26)42(2,39)40/h3-4,8-17,27-28H,5-7,18-23,34H2,1-2H3/t27-,28-/m1/s1.